The molecular formula is C2H3O2-. The highest BCUT2D eigenvalue weighted by molar-refractivity contribution is 4.55. The summed E-state index contributed by atoms with van der Waals surface area (Å²) in [6.07, 6.45) is -1.08. The van der Waals surface area contributed by atoms with Crippen LogP contribution in [-0.4, -0.2) is 10.2 Å². The minimum absolute atomic E-state index is 1.08. The van der Waals surface area contributed by atoms with Gasteiger partial charge in [0.15, 0.2) is 0 Å². The average molecular weight is 59.0 g/mol. The van der Waals surface area contributed by atoms with E-state index >= 15 is 0 Å². The largest absolute Gasteiger partial charge is 0.536 e. The zero-order valence-electron chi connectivity index (χ0n) is 1.97. The summed E-state index contributed by atoms with van der Waals surface area (Å²) in [5.41, 5.74) is 0. The van der Waals surface area contributed by atoms with E-state index in [9.17, 15) is 0 Å². The first-order valence-corrected chi connectivity index (χ1v) is 0.736. The van der Waals surface area contributed by atoms with E-state index in [0.29, 0.717) is 0 Å². The molecule has 0 fully saturated rings. The molecule has 0 aromatic carbocycles. The third-order valence-corrected chi connectivity index (χ3v) is 0. The number of hydrogen-bond donors (Lipinski definition) is 2. The Balaban J connectivity index is 2.32. The second-order valence-electron chi connectivity index (χ2n) is 0.358. The van der Waals surface area contributed by atoms with Crippen LogP contribution in [0.15, 0.2) is 0 Å². The van der Waals surface area contributed by atoms with Crippen molar-refractivity contribution in [2.24, 2.45) is 0 Å². The first-order chi connectivity index (χ1) is 1.73. The van der Waals surface area contributed by atoms with Crippen molar-refractivity contribution >= 4 is 0 Å². The number of aliphatic hydroxyl groups is 2. The summed E-state index contributed by atoms with van der Waals surface area (Å²) >= 11 is 0. The van der Waals surface area contributed by atoms with Crippen molar-refractivity contribution in [3.63, 3.8) is 0 Å². The van der Waals surface area contributed by atoms with Gasteiger partial charge in [-0.15, -0.1) is 0 Å². The summed E-state index contributed by atoms with van der Waals surface area (Å²) in [6.45, 7) is 4.14. The quantitative estimate of drug-likeness (QED) is 0.383. The van der Waals surface area contributed by atoms with Gasteiger partial charge in [-0.05, 0) is 0 Å². The summed E-state index contributed by atoms with van der Waals surface area (Å²) in [5.74, 6) is 0. The molecule has 0 aliphatic heterocycles. The smallest absolute Gasteiger partial charge is 0.0906 e. The lowest BCUT2D eigenvalue weighted by Gasteiger charge is -2.00. The summed E-state index contributed by atoms with van der Waals surface area (Å²) in [6, 6.07) is 0. The molecule has 0 amide bonds. The van der Waals surface area contributed by atoms with Crippen LogP contribution in [0.25, 0.3) is 0 Å². The standard InChI is InChI=1S/C2H3O2/c1-2(3)4/h1,3-4H/q-1. The summed E-state index contributed by atoms with van der Waals surface area (Å²) < 4.78 is 0. The van der Waals surface area contributed by atoms with Crippen LogP contribution in [0.4, 0.5) is 0 Å². The molecule has 0 aromatic rings. The van der Waals surface area contributed by atoms with Gasteiger partial charge in [0.1, 0.15) is 0 Å². The monoisotopic (exact) mass is 59.0 g/mol. The van der Waals surface area contributed by atoms with E-state index in [2.05, 4.69) is 6.92 Å². The fourth-order valence-corrected chi connectivity index (χ4v) is 0. The van der Waals surface area contributed by atoms with Crippen LogP contribution < -0.4 is 0 Å². The first-order valence-electron chi connectivity index (χ1n) is 0.736. The minimum Gasteiger partial charge on any atom is -0.536 e. The molecule has 0 unspecified atom stereocenters. The molecule has 0 heterocycles. The molecule has 4 heavy (non-hydrogen) atoms. The molecule has 0 bridgehead atoms. The lowest BCUT2D eigenvalue weighted by Crippen LogP contribution is -1.79. The molecule has 2 radical (unpaired) electrons. The molecule has 0 aromatic heterocycles. The Morgan fingerprint density at radius 2 is 1.50 bits per heavy atom. The Hall–Kier alpha value is -0.0800. The second-order valence-corrected chi connectivity index (χ2v) is 0.358. The van der Waals surface area contributed by atoms with Crippen molar-refractivity contribution in [3.8, 4) is 0 Å². The molecule has 0 rings (SSSR count). The lowest BCUT2D eigenvalue weighted by molar-refractivity contribution is 0.114. The van der Waals surface area contributed by atoms with Crippen LogP contribution in [-0.2, 0) is 0 Å². The number of aliphatic hydroxyl groups excluding tert-OH is 1. The predicted molar refractivity (Wildman–Crippen MR) is 11.4 cm³/mol. The Labute approximate surface area is 24.7 Å². The average Bonchev–Trinajstić information content (AvgIpc) is 0.811. The van der Waals surface area contributed by atoms with Gasteiger partial charge in [-0.25, -0.2) is 0 Å². The van der Waals surface area contributed by atoms with Gasteiger partial charge in [-0.1, -0.05) is 6.29 Å². The van der Waals surface area contributed by atoms with E-state index in [0.717, 1.165) is 0 Å². The van der Waals surface area contributed by atoms with E-state index in [1.165, 1.54) is 0 Å². The van der Waals surface area contributed by atoms with E-state index in [-0.39, 0.29) is 0 Å². The molecule has 0 spiro atoms. The van der Waals surface area contributed by atoms with Gasteiger partial charge in [-0.2, -0.15) is 6.92 Å². The van der Waals surface area contributed by atoms with Gasteiger partial charge in [0, 0.05) is 0 Å². The zero-order valence-corrected chi connectivity index (χ0v) is 1.97. The molecule has 0 saturated heterocycles. The third-order valence-electron chi connectivity index (χ3n) is 0. The van der Waals surface area contributed by atoms with Gasteiger partial charge < -0.3 is 10.2 Å². The fraction of sp³-hybridized carbons (Fsp3) is 0. The Kier molecular flexibility index (Phi) is 1.24. The Morgan fingerprint density at radius 3 is 1.50 bits per heavy atom. The van der Waals surface area contributed by atoms with Gasteiger partial charge in [-0.3, -0.25) is 0 Å². The Bertz CT molecular complexity index is 8.75. The summed E-state index contributed by atoms with van der Waals surface area (Å²) in [5, 5.41) is 14.6. The van der Waals surface area contributed by atoms with Crippen LogP contribution >= 0.6 is 0 Å². The molecule has 2 heteroatoms. The van der Waals surface area contributed by atoms with Crippen molar-refractivity contribution in [3.05, 3.63) is 13.2 Å². The molecule has 2 nitrogen and oxygen atoms in total. The van der Waals surface area contributed by atoms with Gasteiger partial charge in [0.25, 0.3) is 0 Å². The van der Waals surface area contributed by atoms with Crippen molar-refractivity contribution in [2.45, 2.75) is 0 Å². The first kappa shape index (κ1) is 3.92. The molecular weight excluding hydrogens is 56.0 g/mol. The highest BCUT2D eigenvalue weighted by Crippen LogP contribution is 1.70. The van der Waals surface area contributed by atoms with Crippen LogP contribution in [0.5, 0.6) is 0 Å². The summed E-state index contributed by atoms with van der Waals surface area (Å²) in [4.78, 5) is 0. The van der Waals surface area contributed by atoms with Crippen molar-refractivity contribution in [1.29, 1.82) is 0 Å². The normalized spacial score (nSPS) is 9.00. The number of hydrogen-bond acceptors (Lipinski definition) is 2. The zero-order chi connectivity index (χ0) is 3.58. The Morgan fingerprint density at radius 1 is 1.50 bits per heavy atom. The van der Waals surface area contributed by atoms with E-state index in [1.54, 1.807) is 0 Å². The van der Waals surface area contributed by atoms with Crippen LogP contribution in [0, 0.1) is 13.2 Å². The second kappa shape index (κ2) is 1.26. The van der Waals surface area contributed by atoms with E-state index in [4.69, 9.17) is 10.2 Å². The van der Waals surface area contributed by atoms with Crippen molar-refractivity contribution in [1.82, 2.24) is 0 Å². The number of rotatable bonds is 0. The highest BCUT2D eigenvalue weighted by atomic mass is 16.5. The maximum atomic E-state index is 7.31. The highest BCUT2D eigenvalue weighted by Gasteiger charge is 1.50. The van der Waals surface area contributed by atoms with E-state index < -0.39 is 6.29 Å². The third kappa shape index (κ3) is 254. The summed E-state index contributed by atoms with van der Waals surface area (Å²) in [7, 11) is 0. The van der Waals surface area contributed by atoms with Crippen molar-refractivity contribution < 1.29 is 10.2 Å². The van der Waals surface area contributed by atoms with Crippen molar-refractivity contribution in [2.75, 3.05) is 0 Å². The SMILES string of the molecule is [CH][C-](O)O. The van der Waals surface area contributed by atoms with Crippen LogP contribution in [0.3, 0.4) is 0 Å². The van der Waals surface area contributed by atoms with Gasteiger partial charge >= 0.3 is 0 Å². The molecule has 0 atom stereocenters. The molecule has 0 saturated carbocycles. The topological polar surface area (TPSA) is 40.5 Å². The molecule has 0 aliphatic carbocycles. The lowest BCUT2D eigenvalue weighted by atomic mass is 10.8. The van der Waals surface area contributed by atoms with Crippen LogP contribution in [0.2, 0.25) is 0 Å². The van der Waals surface area contributed by atoms with Gasteiger partial charge in [0.2, 0.25) is 0 Å². The van der Waals surface area contributed by atoms with Gasteiger partial charge in [0.05, 0.1) is 0 Å². The molecule has 2 N–H and O–H groups in total. The maximum Gasteiger partial charge on any atom is -0.0906 e. The van der Waals surface area contributed by atoms with E-state index in [1.807, 2.05) is 0 Å². The maximum absolute atomic E-state index is 7.31. The molecule has 0 aliphatic rings. The predicted octanol–water partition coefficient (Wildman–Crippen LogP) is -0.0680. The minimum atomic E-state index is -1.08. The fourth-order valence-electron chi connectivity index (χ4n) is 0. The van der Waals surface area contributed by atoms with Crippen LogP contribution in [0.1, 0.15) is 0 Å². The molecule has 24 valence electrons.